The number of pyridine rings is 1. The van der Waals surface area contributed by atoms with E-state index in [0.29, 0.717) is 16.6 Å². The van der Waals surface area contributed by atoms with Gasteiger partial charge in [0.25, 0.3) is 5.56 Å². The molecule has 42 heavy (non-hydrogen) atoms. The lowest BCUT2D eigenvalue weighted by atomic mass is 9.76. The first kappa shape index (κ1) is 26.9. The summed E-state index contributed by atoms with van der Waals surface area (Å²) in [5.41, 5.74) is -4.31. The Morgan fingerprint density at radius 2 is 1.57 bits per heavy atom. The third-order valence-corrected chi connectivity index (χ3v) is 8.10. The molecule has 0 radical (unpaired) electrons. The first-order valence-electron chi connectivity index (χ1n) is 13.4. The zero-order chi connectivity index (χ0) is 30.2. The smallest absolute Gasteiger partial charge is 0.260 e. The van der Waals surface area contributed by atoms with E-state index in [2.05, 4.69) is 10.3 Å². The summed E-state index contributed by atoms with van der Waals surface area (Å²) in [5.74, 6) is -5.81. The van der Waals surface area contributed by atoms with E-state index in [1.54, 1.807) is 44.2 Å². The van der Waals surface area contributed by atoms with Gasteiger partial charge in [0.15, 0.2) is 17.3 Å². The van der Waals surface area contributed by atoms with E-state index in [-0.39, 0.29) is 35.5 Å². The third kappa shape index (κ3) is 3.41. The molecule has 0 saturated carbocycles. The van der Waals surface area contributed by atoms with Crippen molar-refractivity contribution in [1.82, 2.24) is 10.3 Å². The van der Waals surface area contributed by atoms with Crippen molar-refractivity contribution in [3.8, 4) is 17.2 Å². The van der Waals surface area contributed by atoms with Gasteiger partial charge in [0.1, 0.15) is 22.7 Å². The molecule has 0 amide bonds. The number of phenolic OH excluding ortho intramolecular Hbond substituents is 3. The van der Waals surface area contributed by atoms with Crippen LogP contribution in [-0.4, -0.2) is 49.5 Å². The molecule has 3 aliphatic carbocycles. The van der Waals surface area contributed by atoms with Crippen LogP contribution in [0.2, 0.25) is 0 Å². The zero-order valence-corrected chi connectivity index (χ0v) is 22.9. The zero-order valence-electron chi connectivity index (χ0n) is 22.9. The topological polar surface area (TPSA) is 174 Å². The minimum absolute atomic E-state index is 0.0846. The van der Waals surface area contributed by atoms with Crippen molar-refractivity contribution in [2.24, 2.45) is 0 Å². The predicted molar refractivity (Wildman–Crippen MR) is 154 cm³/mol. The van der Waals surface area contributed by atoms with E-state index in [0.717, 1.165) is 6.08 Å². The molecule has 1 atom stereocenters. The molecule has 3 aliphatic rings. The van der Waals surface area contributed by atoms with Crippen LogP contribution in [0, 0.1) is 0 Å². The standard InChI is InChI=1S/C32H26N2O8/c1-4-5-6-7-16-11-15-10-14-8-9-32(24(14)28(39)19(15)31(42)34-16)29(40)22-23(30(32)41)27(38)21-20(26(22)37)18(35)12-17(25(21)36)33-13(2)3/h4-7,10-13,33,37-39H,8-9H2,1-3H3,(H,34,42)/b5-4+,7-6+/t32-/m0/s1. The lowest BCUT2D eigenvalue weighted by molar-refractivity contribution is 0.0790. The van der Waals surface area contributed by atoms with Crippen molar-refractivity contribution < 1.29 is 34.5 Å². The van der Waals surface area contributed by atoms with Gasteiger partial charge in [-0.3, -0.25) is 24.0 Å². The molecule has 10 heteroatoms. The minimum atomic E-state index is -2.07. The molecule has 1 spiro atoms. The Balaban J connectivity index is 1.56. The molecule has 0 saturated heterocycles. The summed E-state index contributed by atoms with van der Waals surface area (Å²) in [7, 11) is 0. The molecule has 0 fully saturated rings. The third-order valence-electron chi connectivity index (χ3n) is 8.10. The maximum atomic E-state index is 14.1. The number of aromatic amines is 1. The van der Waals surface area contributed by atoms with Crippen LogP contribution in [0.25, 0.3) is 16.8 Å². The number of carbonyl (C=O) groups excluding carboxylic acids is 4. The van der Waals surface area contributed by atoms with Crippen molar-refractivity contribution in [3.63, 3.8) is 0 Å². The summed E-state index contributed by atoms with van der Waals surface area (Å²) in [6.07, 6.45) is 8.04. The van der Waals surface area contributed by atoms with Gasteiger partial charge in [-0.25, -0.2) is 0 Å². The number of rotatable bonds is 4. The normalized spacial score (nSPS) is 19.5. The van der Waals surface area contributed by atoms with Gasteiger partial charge in [-0.05, 0) is 56.7 Å². The summed E-state index contributed by atoms with van der Waals surface area (Å²) in [5, 5.41) is 37.0. The number of aromatic nitrogens is 1. The lowest BCUT2D eigenvalue weighted by Gasteiger charge is -2.22. The molecule has 0 unspecified atom stereocenters. The van der Waals surface area contributed by atoms with Crippen LogP contribution < -0.4 is 10.9 Å². The first-order chi connectivity index (χ1) is 19.9. The van der Waals surface area contributed by atoms with Gasteiger partial charge in [-0.15, -0.1) is 0 Å². The van der Waals surface area contributed by atoms with Crippen LogP contribution in [0.1, 0.15) is 85.4 Å². The van der Waals surface area contributed by atoms with Crippen molar-refractivity contribution in [1.29, 1.82) is 0 Å². The molecule has 5 N–H and O–H groups in total. The summed E-state index contributed by atoms with van der Waals surface area (Å²) in [6, 6.07) is 3.05. The number of hydrogen-bond acceptors (Lipinski definition) is 9. The molecule has 0 aliphatic heterocycles. The Bertz CT molecular complexity index is 1970. The number of aromatic hydroxyl groups is 3. The van der Waals surface area contributed by atoms with Crippen LogP contribution >= 0.6 is 0 Å². The van der Waals surface area contributed by atoms with Crippen LogP contribution in [0.3, 0.4) is 0 Å². The number of ketones is 4. The van der Waals surface area contributed by atoms with E-state index in [1.165, 1.54) is 0 Å². The van der Waals surface area contributed by atoms with Crippen LogP contribution in [-0.2, 0) is 11.8 Å². The van der Waals surface area contributed by atoms with Crippen LogP contribution in [0.5, 0.6) is 17.2 Å². The molecule has 2 aromatic carbocycles. The van der Waals surface area contributed by atoms with Crippen molar-refractivity contribution in [2.45, 2.75) is 45.1 Å². The van der Waals surface area contributed by atoms with Crippen molar-refractivity contribution in [2.75, 3.05) is 0 Å². The Labute approximate surface area is 238 Å². The fourth-order valence-corrected chi connectivity index (χ4v) is 6.41. The number of nitrogens with one attached hydrogen (secondary N) is 2. The number of allylic oxidation sites excluding steroid dienone is 5. The molecule has 0 bridgehead atoms. The first-order valence-corrected chi connectivity index (χ1v) is 13.4. The Morgan fingerprint density at radius 1 is 0.905 bits per heavy atom. The number of aryl methyl sites for hydroxylation is 1. The highest BCUT2D eigenvalue weighted by Gasteiger charge is 2.61. The maximum absolute atomic E-state index is 14.1. The summed E-state index contributed by atoms with van der Waals surface area (Å²) in [6.45, 7) is 5.32. The van der Waals surface area contributed by atoms with E-state index >= 15 is 0 Å². The van der Waals surface area contributed by atoms with Crippen LogP contribution in [0.15, 0.2) is 46.9 Å². The monoisotopic (exact) mass is 566 g/mol. The largest absolute Gasteiger partial charge is 0.507 e. The average molecular weight is 567 g/mol. The van der Waals surface area contributed by atoms with Gasteiger partial charge < -0.3 is 25.6 Å². The quantitative estimate of drug-likeness (QED) is 0.179. The second kappa shape index (κ2) is 9.13. The van der Waals surface area contributed by atoms with Crippen LogP contribution in [0.4, 0.5) is 0 Å². The van der Waals surface area contributed by atoms with Gasteiger partial charge in [-0.1, -0.05) is 24.3 Å². The second-order valence-electron chi connectivity index (χ2n) is 11.0. The van der Waals surface area contributed by atoms with Crippen molar-refractivity contribution in [3.05, 3.63) is 91.6 Å². The minimum Gasteiger partial charge on any atom is -0.507 e. The predicted octanol–water partition coefficient (Wildman–Crippen LogP) is 3.76. The molecule has 10 nitrogen and oxygen atoms in total. The number of fused-ring (bicyclic) bond motifs is 5. The SMILES string of the molecule is C/C=C/C=C/c1cc2cc3c(c(O)c2c(=O)[nH]1)[C@@]1(CC3)C(=O)c2c(O)c3c(c(O)c2C1=O)C(=O)C(NC(C)C)=CC3=O. The van der Waals surface area contributed by atoms with Crippen molar-refractivity contribution >= 4 is 40.0 Å². The van der Waals surface area contributed by atoms with Gasteiger partial charge in [-0.2, -0.15) is 0 Å². The molecular weight excluding hydrogens is 540 g/mol. The summed E-state index contributed by atoms with van der Waals surface area (Å²) in [4.78, 5) is 70.3. The Morgan fingerprint density at radius 3 is 2.21 bits per heavy atom. The Hall–Kier alpha value is -5.25. The molecule has 1 heterocycles. The highest BCUT2D eigenvalue weighted by Crippen LogP contribution is 2.57. The maximum Gasteiger partial charge on any atom is 0.260 e. The number of benzene rings is 2. The molecule has 6 rings (SSSR count). The summed E-state index contributed by atoms with van der Waals surface area (Å²) < 4.78 is 0. The fourth-order valence-electron chi connectivity index (χ4n) is 6.41. The number of phenols is 3. The average Bonchev–Trinajstić information content (AvgIpc) is 3.41. The van der Waals surface area contributed by atoms with Gasteiger partial charge in [0, 0.05) is 23.4 Å². The highest BCUT2D eigenvalue weighted by molar-refractivity contribution is 6.39. The van der Waals surface area contributed by atoms with Gasteiger partial charge in [0.05, 0.1) is 33.3 Å². The van der Waals surface area contributed by atoms with E-state index in [9.17, 15) is 39.3 Å². The lowest BCUT2D eigenvalue weighted by Crippen LogP contribution is -2.36. The Kier molecular flexibility index (Phi) is 5.86. The second-order valence-corrected chi connectivity index (χ2v) is 11.0. The number of H-pyrrole nitrogens is 1. The number of carbonyl (C=O) groups is 4. The van der Waals surface area contributed by atoms with E-state index in [4.69, 9.17) is 0 Å². The molecular formula is C32H26N2O8. The van der Waals surface area contributed by atoms with E-state index in [1.807, 2.05) is 13.0 Å². The van der Waals surface area contributed by atoms with E-state index < -0.39 is 73.6 Å². The fraction of sp³-hybridized carbons (Fsp3) is 0.219. The number of hydrogen-bond donors (Lipinski definition) is 5. The molecule has 1 aromatic heterocycles. The molecule has 3 aromatic rings. The van der Waals surface area contributed by atoms with Gasteiger partial charge >= 0.3 is 0 Å². The summed E-state index contributed by atoms with van der Waals surface area (Å²) >= 11 is 0. The highest BCUT2D eigenvalue weighted by atomic mass is 16.3. The van der Waals surface area contributed by atoms with Gasteiger partial charge in [0.2, 0.25) is 5.78 Å². The molecule has 212 valence electrons. The number of Topliss-reactive ketones (excluding diaryl/α,β-unsaturated/α-hetero) is 3.